The van der Waals surface area contributed by atoms with Crippen molar-refractivity contribution in [2.75, 3.05) is 6.61 Å². The van der Waals surface area contributed by atoms with E-state index in [1.165, 1.54) is 0 Å². The highest BCUT2D eigenvalue weighted by Crippen LogP contribution is 2.37. The van der Waals surface area contributed by atoms with Crippen LogP contribution in [0.25, 0.3) is 0 Å². The number of ether oxygens (including phenoxy) is 3. The minimum Gasteiger partial charge on any atom is -0.468 e. The molecule has 0 amide bonds. The summed E-state index contributed by atoms with van der Waals surface area (Å²) in [6.07, 6.45) is 2.69. The van der Waals surface area contributed by atoms with Crippen LogP contribution in [0.4, 0.5) is 0 Å². The van der Waals surface area contributed by atoms with Crippen LogP contribution in [-0.4, -0.2) is 31.1 Å². The summed E-state index contributed by atoms with van der Waals surface area (Å²) in [5.41, 5.74) is 1.04. The lowest BCUT2D eigenvalue weighted by molar-refractivity contribution is -0.180. The number of benzene rings is 1. The van der Waals surface area contributed by atoms with Crippen LogP contribution in [-0.2, 0) is 25.4 Å². The summed E-state index contributed by atoms with van der Waals surface area (Å²) in [6.45, 7) is 4.91. The SMILES string of the molecule is CCC1(CC)O[C@@H](CCOC=O)[C@H](Cc2ccccc2Cl)O1. The first-order chi connectivity index (χ1) is 10.6. The maximum Gasteiger partial charge on any atom is 0.293 e. The summed E-state index contributed by atoms with van der Waals surface area (Å²) in [6, 6.07) is 7.76. The zero-order valence-corrected chi connectivity index (χ0v) is 13.8. The molecule has 22 heavy (non-hydrogen) atoms. The van der Waals surface area contributed by atoms with E-state index in [9.17, 15) is 4.79 Å². The van der Waals surface area contributed by atoms with E-state index in [-0.39, 0.29) is 12.2 Å². The van der Waals surface area contributed by atoms with Gasteiger partial charge in [0.2, 0.25) is 0 Å². The fourth-order valence-electron chi connectivity index (χ4n) is 2.85. The summed E-state index contributed by atoms with van der Waals surface area (Å²) >= 11 is 6.25. The van der Waals surface area contributed by atoms with E-state index in [0.717, 1.165) is 23.4 Å². The van der Waals surface area contributed by atoms with Gasteiger partial charge in [-0.1, -0.05) is 43.6 Å². The number of carbonyl (C=O) groups excluding carboxylic acids is 1. The Hall–Kier alpha value is -1.10. The van der Waals surface area contributed by atoms with E-state index in [4.69, 9.17) is 25.8 Å². The van der Waals surface area contributed by atoms with Crippen LogP contribution < -0.4 is 0 Å². The van der Waals surface area contributed by atoms with Crippen LogP contribution in [0.3, 0.4) is 0 Å². The molecule has 1 saturated heterocycles. The Balaban J connectivity index is 2.10. The fraction of sp³-hybridized carbons (Fsp3) is 0.588. The number of rotatable bonds is 8. The number of halogens is 1. The van der Waals surface area contributed by atoms with Crippen molar-refractivity contribution in [1.29, 1.82) is 0 Å². The molecule has 5 heteroatoms. The molecule has 1 aromatic carbocycles. The van der Waals surface area contributed by atoms with Crippen molar-refractivity contribution in [3.05, 3.63) is 34.9 Å². The number of hydrogen-bond acceptors (Lipinski definition) is 4. The minimum absolute atomic E-state index is 0.0879. The second-order valence-electron chi connectivity index (χ2n) is 5.48. The standard InChI is InChI=1S/C17H23ClO4/c1-3-17(4-2)21-15(9-10-20-12-19)16(22-17)11-13-7-5-6-8-14(13)18/h5-8,12,15-16H,3-4,9-11H2,1-2H3/t15-,16-/m0/s1. The van der Waals surface area contributed by atoms with Gasteiger partial charge in [-0.3, -0.25) is 4.79 Å². The highest BCUT2D eigenvalue weighted by Gasteiger charge is 2.45. The molecule has 122 valence electrons. The van der Waals surface area contributed by atoms with Gasteiger partial charge in [-0.05, 0) is 24.5 Å². The Morgan fingerprint density at radius 3 is 2.55 bits per heavy atom. The van der Waals surface area contributed by atoms with Crippen molar-refractivity contribution >= 4 is 18.1 Å². The molecular formula is C17H23ClO4. The van der Waals surface area contributed by atoms with Crippen LogP contribution in [0.5, 0.6) is 0 Å². The zero-order valence-electron chi connectivity index (χ0n) is 13.1. The van der Waals surface area contributed by atoms with E-state index in [1.807, 2.05) is 24.3 Å². The van der Waals surface area contributed by atoms with Gasteiger partial charge >= 0.3 is 0 Å². The van der Waals surface area contributed by atoms with Crippen LogP contribution in [0, 0.1) is 0 Å². The third-order valence-corrected chi connectivity index (χ3v) is 4.56. The lowest BCUT2D eigenvalue weighted by atomic mass is 10.0. The molecule has 0 bridgehead atoms. The van der Waals surface area contributed by atoms with E-state index < -0.39 is 5.79 Å². The third-order valence-electron chi connectivity index (χ3n) is 4.19. The molecule has 1 heterocycles. The smallest absolute Gasteiger partial charge is 0.293 e. The van der Waals surface area contributed by atoms with Gasteiger partial charge in [0.1, 0.15) is 0 Å². The predicted octanol–water partition coefficient (Wildman–Crippen LogP) is 3.75. The molecule has 0 spiro atoms. The van der Waals surface area contributed by atoms with E-state index in [2.05, 4.69) is 13.8 Å². The monoisotopic (exact) mass is 326 g/mol. The van der Waals surface area contributed by atoms with Crippen LogP contribution in [0.15, 0.2) is 24.3 Å². The zero-order chi connectivity index (χ0) is 16.0. The first-order valence-corrected chi connectivity index (χ1v) is 8.16. The quantitative estimate of drug-likeness (QED) is 0.539. The molecule has 2 rings (SSSR count). The van der Waals surface area contributed by atoms with Gasteiger partial charge in [0, 0.05) is 17.9 Å². The van der Waals surface area contributed by atoms with Gasteiger partial charge in [0.15, 0.2) is 5.79 Å². The van der Waals surface area contributed by atoms with Crippen LogP contribution in [0.1, 0.15) is 38.7 Å². The first-order valence-electron chi connectivity index (χ1n) is 7.78. The highest BCUT2D eigenvalue weighted by molar-refractivity contribution is 6.31. The molecule has 0 radical (unpaired) electrons. The van der Waals surface area contributed by atoms with Gasteiger partial charge < -0.3 is 14.2 Å². The maximum atomic E-state index is 10.3. The normalized spacial score (nSPS) is 23.4. The van der Waals surface area contributed by atoms with Crippen LogP contribution in [0.2, 0.25) is 5.02 Å². The number of carbonyl (C=O) groups is 1. The molecule has 0 saturated carbocycles. The van der Waals surface area contributed by atoms with E-state index >= 15 is 0 Å². The fourth-order valence-corrected chi connectivity index (χ4v) is 3.06. The molecule has 2 atom stereocenters. The van der Waals surface area contributed by atoms with Crippen molar-refractivity contribution in [3.63, 3.8) is 0 Å². The van der Waals surface area contributed by atoms with Crippen molar-refractivity contribution in [2.24, 2.45) is 0 Å². The van der Waals surface area contributed by atoms with Gasteiger partial charge in [-0.2, -0.15) is 0 Å². The molecule has 0 aliphatic carbocycles. The van der Waals surface area contributed by atoms with E-state index in [0.29, 0.717) is 25.9 Å². The van der Waals surface area contributed by atoms with Crippen molar-refractivity contribution < 1.29 is 19.0 Å². The summed E-state index contributed by atoms with van der Waals surface area (Å²) < 4.78 is 17.2. The van der Waals surface area contributed by atoms with Gasteiger partial charge in [-0.25, -0.2) is 0 Å². The van der Waals surface area contributed by atoms with Crippen molar-refractivity contribution in [3.8, 4) is 0 Å². The average molecular weight is 327 g/mol. The summed E-state index contributed by atoms with van der Waals surface area (Å²) in [5, 5.41) is 0.736. The Labute approximate surface area is 136 Å². The molecule has 0 N–H and O–H groups in total. The second-order valence-corrected chi connectivity index (χ2v) is 5.89. The van der Waals surface area contributed by atoms with Crippen LogP contribution >= 0.6 is 11.6 Å². The summed E-state index contributed by atoms with van der Waals surface area (Å²) in [4.78, 5) is 10.3. The Morgan fingerprint density at radius 2 is 1.91 bits per heavy atom. The largest absolute Gasteiger partial charge is 0.468 e. The molecular weight excluding hydrogens is 304 g/mol. The van der Waals surface area contributed by atoms with Gasteiger partial charge in [0.05, 0.1) is 18.8 Å². The lowest BCUT2D eigenvalue weighted by Gasteiger charge is -2.25. The third kappa shape index (κ3) is 4.00. The summed E-state index contributed by atoms with van der Waals surface area (Å²) in [7, 11) is 0. The average Bonchev–Trinajstić information content (AvgIpc) is 2.89. The van der Waals surface area contributed by atoms with Crippen molar-refractivity contribution in [1.82, 2.24) is 0 Å². The molecule has 1 aliphatic heterocycles. The Kier molecular flexibility index (Phi) is 6.24. The maximum absolute atomic E-state index is 10.3. The molecule has 1 aromatic rings. The minimum atomic E-state index is -0.544. The molecule has 1 fully saturated rings. The van der Waals surface area contributed by atoms with Gasteiger partial charge in [-0.15, -0.1) is 0 Å². The summed E-state index contributed by atoms with van der Waals surface area (Å²) in [5.74, 6) is -0.544. The van der Waals surface area contributed by atoms with Crippen molar-refractivity contribution in [2.45, 2.75) is 57.5 Å². The highest BCUT2D eigenvalue weighted by atomic mass is 35.5. The number of hydrogen-bond donors (Lipinski definition) is 0. The lowest BCUT2D eigenvalue weighted by Crippen LogP contribution is -2.29. The Morgan fingerprint density at radius 1 is 1.23 bits per heavy atom. The van der Waals surface area contributed by atoms with E-state index in [1.54, 1.807) is 0 Å². The molecule has 4 nitrogen and oxygen atoms in total. The first kappa shape index (κ1) is 17.3. The topological polar surface area (TPSA) is 44.8 Å². The van der Waals surface area contributed by atoms with Gasteiger partial charge in [0.25, 0.3) is 6.47 Å². The molecule has 1 aliphatic rings. The Bertz CT molecular complexity index is 487. The molecule has 0 unspecified atom stereocenters. The second kappa shape index (κ2) is 7.95. The predicted molar refractivity (Wildman–Crippen MR) is 84.8 cm³/mol. The molecule has 0 aromatic heterocycles.